The van der Waals surface area contributed by atoms with Crippen molar-refractivity contribution in [1.82, 2.24) is 4.57 Å². The van der Waals surface area contributed by atoms with E-state index in [4.69, 9.17) is 5.11 Å². The zero-order valence-corrected chi connectivity index (χ0v) is 10.2. The van der Waals surface area contributed by atoms with Crippen LogP contribution in [0.4, 0.5) is 0 Å². The van der Waals surface area contributed by atoms with Gasteiger partial charge in [-0.25, -0.2) is 0 Å². The van der Waals surface area contributed by atoms with Gasteiger partial charge in [-0.05, 0) is 38.0 Å². The van der Waals surface area contributed by atoms with Gasteiger partial charge in [0.1, 0.15) is 0 Å². The highest BCUT2D eigenvalue weighted by atomic mass is 16.4. The fourth-order valence-electron chi connectivity index (χ4n) is 2.34. The van der Waals surface area contributed by atoms with E-state index in [0.29, 0.717) is 6.42 Å². The molecule has 0 aliphatic heterocycles. The lowest BCUT2D eigenvalue weighted by atomic mass is 10.1. The number of carboxylic acid groups (broad SMARTS) is 1. The molecule has 3 nitrogen and oxygen atoms in total. The second kappa shape index (κ2) is 4.62. The van der Waals surface area contributed by atoms with Crippen molar-refractivity contribution in [2.45, 2.75) is 33.2 Å². The van der Waals surface area contributed by atoms with Gasteiger partial charge in [0.2, 0.25) is 0 Å². The van der Waals surface area contributed by atoms with E-state index in [2.05, 4.69) is 36.6 Å². The Bertz CT molecular complexity index is 555. The van der Waals surface area contributed by atoms with Crippen LogP contribution in [0.1, 0.15) is 24.0 Å². The third kappa shape index (κ3) is 2.49. The van der Waals surface area contributed by atoms with Crippen LogP contribution in [0.3, 0.4) is 0 Å². The Morgan fingerprint density at radius 3 is 2.82 bits per heavy atom. The number of rotatable bonds is 4. The number of aromatic nitrogens is 1. The number of carboxylic acids is 1. The maximum atomic E-state index is 10.5. The van der Waals surface area contributed by atoms with E-state index >= 15 is 0 Å². The fourth-order valence-corrected chi connectivity index (χ4v) is 2.34. The normalized spacial score (nSPS) is 10.9. The molecule has 0 bridgehead atoms. The predicted octanol–water partition coefficient (Wildman–Crippen LogP) is 3.12. The zero-order valence-electron chi connectivity index (χ0n) is 10.2. The Morgan fingerprint density at radius 2 is 2.12 bits per heavy atom. The Hall–Kier alpha value is -1.77. The van der Waals surface area contributed by atoms with E-state index < -0.39 is 5.97 Å². The van der Waals surface area contributed by atoms with Crippen LogP contribution in [0.5, 0.6) is 0 Å². The van der Waals surface area contributed by atoms with Gasteiger partial charge in [0.15, 0.2) is 0 Å². The molecule has 1 N–H and O–H groups in total. The molecule has 90 valence electrons. The number of fused-ring (bicyclic) bond motifs is 1. The monoisotopic (exact) mass is 231 g/mol. The van der Waals surface area contributed by atoms with Gasteiger partial charge in [0, 0.05) is 24.5 Å². The van der Waals surface area contributed by atoms with Gasteiger partial charge in [0.25, 0.3) is 0 Å². The van der Waals surface area contributed by atoms with Crippen LogP contribution in [0.25, 0.3) is 10.9 Å². The molecule has 0 fully saturated rings. The summed E-state index contributed by atoms with van der Waals surface area (Å²) in [6.45, 7) is 4.96. The summed E-state index contributed by atoms with van der Waals surface area (Å²) in [7, 11) is 0. The van der Waals surface area contributed by atoms with Crippen LogP contribution in [0.15, 0.2) is 24.4 Å². The van der Waals surface area contributed by atoms with E-state index in [-0.39, 0.29) is 6.42 Å². The SMILES string of the molecule is Cc1cc(C)c2c(ccn2CCCC(=O)O)c1. The van der Waals surface area contributed by atoms with Crippen molar-refractivity contribution in [3.63, 3.8) is 0 Å². The first-order chi connectivity index (χ1) is 8.08. The highest BCUT2D eigenvalue weighted by Crippen LogP contribution is 2.22. The van der Waals surface area contributed by atoms with Crippen LogP contribution < -0.4 is 0 Å². The predicted molar refractivity (Wildman–Crippen MR) is 68.3 cm³/mol. The Balaban J connectivity index is 2.26. The van der Waals surface area contributed by atoms with E-state index in [1.54, 1.807) is 0 Å². The van der Waals surface area contributed by atoms with Gasteiger partial charge in [-0.2, -0.15) is 0 Å². The topological polar surface area (TPSA) is 42.2 Å². The molecule has 2 aromatic rings. The number of hydrogen-bond donors (Lipinski definition) is 1. The van der Waals surface area contributed by atoms with E-state index in [0.717, 1.165) is 6.54 Å². The quantitative estimate of drug-likeness (QED) is 0.878. The van der Waals surface area contributed by atoms with Crippen LogP contribution in [-0.4, -0.2) is 15.6 Å². The molecule has 0 aliphatic carbocycles. The Labute approximate surface area is 101 Å². The largest absolute Gasteiger partial charge is 0.481 e. The molecule has 1 aromatic carbocycles. The first-order valence-corrected chi connectivity index (χ1v) is 5.86. The molecular formula is C14H17NO2. The minimum absolute atomic E-state index is 0.227. The minimum Gasteiger partial charge on any atom is -0.481 e. The molecule has 0 atom stereocenters. The number of nitrogens with zero attached hydrogens (tertiary/aromatic N) is 1. The van der Waals surface area contributed by atoms with Crippen LogP contribution in [0, 0.1) is 13.8 Å². The molecule has 0 aliphatic rings. The fraction of sp³-hybridized carbons (Fsp3) is 0.357. The highest BCUT2D eigenvalue weighted by molar-refractivity contribution is 5.84. The number of aliphatic carboxylic acids is 1. The average molecular weight is 231 g/mol. The van der Waals surface area contributed by atoms with Crippen LogP contribution in [-0.2, 0) is 11.3 Å². The maximum absolute atomic E-state index is 10.5. The first kappa shape index (κ1) is 11.7. The molecule has 0 spiro atoms. The summed E-state index contributed by atoms with van der Waals surface area (Å²) >= 11 is 0. The van der Waals surface area contributed by atoms with Gasteiger partial charge in [0.05, 0.1) is 5.52 Å². The van der Waals surface area contributed by atoms with Crippen LogP contribution in [0.2, 0.25) is 0 Å². The van der Waals surface area contributed by atoms with E-state index in [1.807, 2.05) is 6.20 Å². The Kier molecular flexibility index (Phi) is 3.18. The number of hydrogen-bond acceptors (Lipinski definition) is 1. The smallest absolute Gasteiger partial charge is 0.303 e. The molecule has 0 amide bonds. The third-order valence-electron chi connectivity index (χ3n) is 2.99. The van der Waals surface area contributed by atoms with Crippen molar-refractivity contribution in [3.05, 3.63) is 35.5 Å². The van der Waals surface area contributed by atoms with Gasteiger partial charge in [-0.1, -0.05) is 11.6 Å². The van der Waals surface area contributed by atoms with Crippen molar-refractivity contribution in [3.8, 4) is 0 Å². The molecule has 0 radical (unpaired) electrons. The summed E-state index contributed by atoms with van der Waals surface area (Å²) in [6.07, 6.45) is 2.94. The van der Waals surface area contributed by atoms with Gasteiger partial charge < -0.3 is 9.67 Å². The molecule has 0 unspecified atom stereocenters. The van der Waals surface area contributed by atoms with Crippen molar-refractivity contribution in [1.29, 1.82) is 0 Å². The van der Waals surface area contributed by atoms with Crippen molar-refractivity contribution >= 4 is 16.9 Å². The van der Waals surface area contributed by atoms with Crippen molar-refractivity contribution < 1.29 is 9.90 Å². The molecule has 0 saturated carbocycles. The summed E-state index contributed by atoms with van der Waals surface area (Å²) in [4.78, 5) is 10.5. The van der Waals surface area contributed by atoms with Crippen molar-refractivity contribution in [2.24, 2.45) is 0 Å². The second-order valence-corrected chi connectivity index (χ2v) is 4.53. The first-order valence-electron chi connectivity index (χ1n) is 5.86. The molecule has 17 heavy (non-hydrogen) atoms. The summed E-state index contributed by atoms with van der Waals surface area (Å²) in [6, 6.07) is 6.42. The summed E-state index contributed by atoms with van der Waals surface area (Å²) < 4.78 is 2.15. The standard InChI is InChI=1S/C14H17NO2/c1-10-8-11(2)14-12(9-10)5-7-15(14)6-3-4-13(16)17/h5,7-9H,3-4,6H2,1-2H3,(H,16,17). The molecule has 3 heteroatoms. The van der Waals surface area contributed by atoms with E-state index in [1.165, 1.54) is 22.0 Å². The average Bonchev–Trinajstić information content (AvgIpc) is 2.60. The van der Waals surface area contributed by atoms with Gasteiger partial charge >= 0.3 is 5.97 Å². The number of aryl methyl sites for hydroxylation is 3. The molecule has 1 aromatic heterocycles. The number of benzene rings is 1. The summed E-state index contributed by atoms with van der Waals surface area (Å²) in [5, 5.41) is 9.87. The highest BCUT2D eigenvalue weighted by Gasteiger charge is 2.05. The molecule has 0 saturated heterocycles. The number of carbonyl (C=O) groups is 1. The Morgan fingerprint density at radius 1 is 1.35 bits per heavy atom. The molecule has 2 rings (SSSR count). The minimum atomic E-state index is -0.728. The second-order valence-electron chi connectivity index (χ2n) is 4.53. The molecular weight excluding hydrogens is 214 g/mol. The van der Waals surface area contributed by atoms with Gasteiger partial charge in [-0.15, -0.1) is 0 Å². The maximum Gasteiger partial charge on any atom is 0.303 e. The molecule has 1 heterocycles. The van der Waals surface area contributed by atoms with Gasteiger partial charge in [-0.3, -0.25) is 4.79 Å². The lowest BCUT2D eigenvalue weighted by Gasteiger charge is -2.07. The van der Waals surface area contributed by atoms with Crippen LogP contribution >= 0.6 is 0 Å². The zero-order chi connectivity index (χ0) is 12.4. The van der Waals surface area contributed by atoms with Crippen molar-refractivity contribution in [2.75, 3.05) is 0 Å². The van der Waals surface area contributed by atoms with E-state index in [9.17, 15) is 4.79 Å². The lowest BCUT2D eigenvalue weighted by molar-refractivity contribution is -0.137. The lowest BCUT2D eigenvalue weighted by Crippen LogP contribution is -2.01. The summed E-state index contributed by atoms with van der Waals surface area (Å²) in [5.74, 6) is -0.728. The summed E-state index contributed by atoms with van der Waals surface area (Å²) in [5.41, 5.74) is 3.74. The third-order valence-corrected chi connectivity index (χ3v) is 2.99.